The van der Waals surface area contributed by atoms with Gasteiger partial charge in [-0.15, -0.1) is 23.5 Å². The van der Waals surface area contributed by atoms with Gasteiger partial charge in [0.15, 0.2) is 5.78 Å². The monoisotopic (exact) mass is 416 g/mol. The minimum absolute atomic E-state index is 0.240. The lowest BCUT2D eigenvalue weighted by atomic mass is 9.94. The molecule has 0 unspecified atom stereocenters. The molecule has 144 valence electrons. The maximum Gasteiger partial charge on any atom is 0.194 e. The fourth-order valence-electron chi connectivity index (χ4n) is 3.21. The molecule has 2 heterocycles. The molecule has 2 aliphatic heterocycles. The van der Waals surface area contributed by atoms with Gasteiger partial charge in [-0.2, -0.15) is 0 Å². The maximum absolute atomic E-state index is 14.7. The van der Waals surface area contributed by atoms with Crippen molar-refractivity contribution in [3.8, 4) is 0 Å². The van der Waals surface area contributed by atoms with Crippen LogP contribution in [0.3, 0.4) is 0 Å². The maximum atomic E-state index is 14.7. The number of nitrogens with one attached hydrogen (secondary N) is 2. The van der Waals surface area contributed by atoms with Crippen molar-refractivity contribution in [1.29, 1.82) is 0 Å². The Morgan fingerprint density at radius 3 is 1.64 bits per heavy atom. The highest BCUT2D eigenvalue weighted by atomic mass is 32.2. The standard InChI is InChI=1S/C21H18F2N2OS2/c22-15-5-1-3-13(19(15)17-11-24-7-9-27-17)21(26)14-4-2-6-16(23)20(14)18-12-25-8-10-28-18/h1-6,11-12,24-25H,7-10H2. The smallest absolute Gasteiger partial charge is 0.194 e. The van der Waals surface area contributed by atoms with Crippen LogP contribution in [0.1, 0.15) is 27.0 Å². The highest BCUT2D eigenvalue weighted by molar-refractivity contribution is 8.08. The van der Waals surface area contributed by atoms with Gasteiger partial charge in [0.1, 0.15) is 11.6 Å². The van der Waals surface area contributed by atoms with Crippen LogP contribution in [0.2, 0.25) is 0 Å². The molecule has 0 atom stereocenters. The van der Waals surface area contributed by atoms with Gasteiger partial charge in [-0.25, -0.2) is 8.78 Å². The van der Waals surface area contributed by atoms with Crippen molar-refractivity contribution in [2.24, 2.45) is 0 Å². The first-order valence-electron chi connectivity index (χ1n) is 8.92. The van der Waals surface area contributed by atoms with Crippen LogP contribution in [0.25, 0.3) is 9.81 Å². The Morgan fingerprint density at radius 2 is 1.25 bits per heavy atom. The molecule has 0 radical (unpaired) electrons. The molecule has 0 saturated heterocycles. The molecule has 0 amide bonds. The summed E-state index contributed by atoms with van der Waals surface area (Å²) in [6.45, 7) is 1.58. The predicted molar refractivity (Wildman–Crippen MR) is 113 cm³/mol. The summed E-state index contributed by atoms with van der Waals surface area (Å²) in [5.74, 6) is 0.268. The summed E-state index contributed by atoms with van der Waals surface area (Å²) in [5, 5.41) is 6.19. The van der Waals surface area contributed by atoms with Crippen LogP contribution in [-0.2, 0) is 0 Å². The first-order valence-corrected chi connectivity index (χ1v) is 10.9. The van der Waals surface area contributed by atoms with Crippen molar-refractivity contribution < 1.29 is 13.6 Å². The van der Waals surface area contributed by atoms with Crippen molar-refractivity contribution in [3.63, 3.8) is 0 Å². The van der Waals surface area contributed by atoms with E-state index in [1.54, 1.807) is 24.5 Å². The van der Waals surface area contributed by atoms with E-state index in [0.717, 1.165) is 24.6 Å². The summed E-state index contributed by atoms with van der Waals surface area (Å²) in [4.78, 5) is 14.8. The third kappa shape index (κ3) is 3.69. The number of thioether (sulfide) groups is 2. The molecular weight excluding hydrogens is 398 g/mol. The number of carbonyl (C=O) groups excluding carboxylic acids is 1. The van der Waals surface area contributed by atoms with E-state index in [4.69, 9.17) is 0 Å². The summed E-state index contributed by atoms with van der Waals surface area (Å²) < 4.78 is 29.4. The highest BCUT2D eigenvalue weighted by Gasteiger charge is 2.25. The molecule has 2 aromatic rings. The van der Waals surface area contributed by atoms with Gasteiger partial charge in [-0.05, 0) is 12.1 Å². The number of ketones is 1. The molecule has 0 fully saturated rings. The first kappa shape index (κ1) is 19.1. The van der Waals surface area contributed by atoms with E-state index in [0.29, 0.717) is 9.81 Å². The summed E-state index contributed by atoms with van der Waals surface area (Å²) >= 11 is 3.00. The van der Waals surface area contributed by atoms with E-state index in [2.05, 4.69) is 10.6 Å². The SMILES string of the molecule is O=C(c1cccc(F)c1C1=CNCCS1)c1cccc(F)c1C1=CNCCS1. The number of carbonyl (C=O) groups is 1. The lowest BCUT2D eigenvalue weighted by Crippen LogP contribution is -2.18. The Hall–Kier alpha value is -2.25. The second kappa shape index (κ2) is 8.41. The average molecular weight is 417 g/mol. The summed E-state index contributed by atoms with van der Waals surface area (Å²) in [5.41, 5.74) is 1.01. The zero-order valence-electron chi connectivity index (χ0n) is 14.9. The minimum Gasteiger partial charge on any atom is -0.389 e. The Kier molecular flexibility index (Phi) is 5.73. The van der Waals surface area contributed by atoms with Crippen molar-refractivity contribution in [3.05, 3.63) is 82.7 Å². The quantitative estimate of drug-likeness (QED) is 0.720. The number of rotatable bonds is 4. The van der Waals surface area contributed by atoms with Gasteiger partial charge in [-0.3, -0.25) is 4.79 Å². The lowest BCUT2D eigenvalue weighted by molar-refractivity contribution is 0.103. The molecule has 3 nitrogen and oxygen atoms in total. The topological polar surface area (TPSA) is 41.1 Å². The van der Waals surface area contributed by atoms with Crippen LogP contribution in [0, 0.1) is 11.6 Å². The van der Waals surface area contributed by atoms with Crippen LogP contribution in [-0.4, -0.2) is 30.4 Å². The van der Waals surface area contributed by atoms with Crippen LogP contribution in [0.15, 0.2) is 48.8 Å². The lowest BCUT2D eigenvalue weighted by Gasteiger charge is -2.20. The van der Waals surface area contributed by atoms with Crippen molar-refractivity contribution in [2.75, 3.05) is 24.6 Å². The zero-order valence-corrected chi connectivity index (χ0v) is 16.6. The molecular formula is C21H18F2N2OS2. The van der Waals surface area contributed by atoms with E-state index in [9.17, 15) is 13.6 Å². The Morgan fingerprint density at radius 1 is 0.786 bits per heavy atom. The van der Waals surface area contributed by atoms with E-state index in [-0.39, 0.29) is 28.0 Å². The third-order valence-corrected chi connectivity index (χ3v) is 6.57. The largest absolute Gasteiger partial charge is 0.389 e. The fraction of sp³-hybridized carbons (Fsp3) is 0.190. The normalized spacial score (nSPS) is 16.5. The summed E-state index contributed by atoms with van der Waals surface area (Å²) in [6, 6.07) is 8.93. The number of hydrogen-bond acceptors (Lipinski definition) is 5. The molecule has 4 rings (SSSR count). The van der Waals surface area contributed by atoms with Crippen molar-refractivity contribution in [2.45, 2.75) is 0 Å². The number of benzene rings is 2. The molecule has 28 heavy (non-hydrogen) atoms. The van der Waals surface area contributed by atoms with Gasteiger partial charge < -0.3 is 10.6 Å². The number of hydrogen-bond donors (Lipinski definition) is 2. The zero-order chi connectivity index (χ0) is 19.5. The van der Waals surface area contributed by atoms with Crippen LogP contribution < -0.4 is 10.6 Å². The Bertz CT molecular complexity index is 911. The van der Waals surface area contributed by atoms with Crippen molar-refractivity contribution >= 4 is 39.1 Å². The second-order valence-electron chi connectivity index (χ2n) is 6.28. The van der Waals surface area contributed by atoms with Crippen molar-refractivity contribution in [1.82, 2.24) is 10.6 Å². The van der Waals surface area contributed by atoms with Gasteiger partial charge in [0, 0.05) is 69.1 Å². The fourth-order valence-corrected chi connectivity index (χ4v) is 5.13. The third-order valence-electron chi connectivity index (χ3n) is 4.48. The van der Waals surface area contributed by atoms with E-state index >= 15 is 0 Å². The summed E-state index contributed by atoms with van der Waals surface area (Å²) in [7, 11) is 0. The second-order valence-corrected chi connectivity index (χ2v) is 8.55. The minimum atomic E-state index is -0.459. The molecule has 0 bridgehead atoms. The van der Waals surface area contributed by atoms with E-state index < -0.39 is 11.6 Å². The van der Waals surface area contributed by atoms with Gasteiger partial charge in [0.25, 0.3) is 0 Å². The van der Waals surface area contributed by atoms with Gasteiger partial charge in [0.05, 0.1) is 0 Å². The van der Waals surface area contributed by atoms with Gasteiger partial charge in [0.2, 0.25) is 0 Å². The molecule has 2 aliphatic rings. The molecule has 2 N–H and O–H groups in total. The highest BCUT2D eigenvalue weighted by Crippen LogP contribution is 2.37. The van der Waals surface area contributed by atoms with Crippen LogP contribution >= 0.6 is 23.5 Å². The molecule has 0 spiro atoms. The predicted octanol–water partition coefficient (Wildman–Crippen LogP) is 4.47. The summed E-state index contributed by atoms with van der Waals surface area (Å²) in [6.07, 6.45) is 3.47. The Balaban J connectivity index is 1.84. The molecule has 0 aliphatic carbocycles. The number of halogens is 2. The first-order chi connectivity index (χ1) is 13.7. The Labute approximate surface area is 170 Å². The molecule has 0 aromatic heterocycles. The molecule has 7 heteroatoms. The van der Waals surface area contributed by atoms with E-state index in [1.807, 2.05) is 0 Å². The molecule has 2 aromatic carbocycles. The van der Waals surface area contributed by atoms with Gasteiger partial charge in [-0.1, -0.05) is 24.3 Å². The van der Waals surface area contributed by atoms with E-state index in [1.165, 1.54) is 47.8 Å². The van der Waals surface area contributed by atoms with Crippen LogP contribution in [0.5, 0.6) is 0 Å². The molecule has 0 saturated carbocycles. The van der Waals surface area contributed by atoms with Crippen LogP contribution in [0.4, 0.5) is 8.78 Å². The average Bonchev–Trinajstić information content (AvgIpc) is 2.74. The van der Waals surface area contributed by atoms with Gasteiger partial charge >= 0.3 is 0 Å².